The third-order valence-corrected chi connectivity index (χ3v) is 4.56. The molecule has 1 aliphatic heterocycles. The second-order valence-electron chi connectivity index (χ2n) is 6.42. The van der Waals surface area contributed by atoms with Gasteiger partial charge >= 0.3 is 0 Å². The highest BCUT2D eigenvalue weighted by Gasteiger charge is 2.23. The Bertz CT molecular complexity index is 859. The number of aryl methyl sites for hydroxylation is 1. The Balaban J connectivity index is 1.47. The van der Waals surface area contributed by atoms with Crippen LogP contribution in [-0.4, -0.2) is 46.7 Å². The highest BCUT2D eigenvalue weighted by atomic mass is 16.5. The van der Waals surface area contributed by atoms with Crippen molar-refractivity contribution >= 4 is 10.9 Å². The number of benzene rings is 1. The van der Waals surface area contributed by atoms with Crippen molar-refractivity contribution in [2.24, 2.45) is 0 Å². The Hall–Kier alpha value is -2.44. The zero-order chi connectivity index (χ0) is 17.2. The van der Waals surface area contributed by atoms with E-state index in [-0.39, 0.29) is 6.10 Å². The van der Waals surface area contributed by atoms with Gasteiger partial charge in [0, 0.05) is 42.4 Å². The van der Waals surface area contributed by atoms with Crippen LogP contribution in [0.15, 0.2) is 36.7 Å². The molecule has 0 radical (unpaired) electrons. The molecule has 0 bridgehead atoms. The van der Waals surface area contributed by atoms with Gasteiger partial charge in [-0.05, 0) is 31.2 Å². The van der Waals surface area contributed by atoms with Crippen LogP contribution < -0.4 is 4.74 Å². The van der Waals surface area contributed by atoms with Gasteiger partial charge in [-0.15, -0.1) is 0 Å². The largest absolute Gasteiger partial charge is 0.497 e. The molecule has 6 nitrogen and oxygen atoms in total. The minimum Gasteiger partial charge on any atom is -0.497 e. The first-order chi connectivity index (χ1) is 12.2. The van der Waals surface area contributed by atoms with E-state index in [4.69, 9.17) is 9.47 Å². The molecule has 1 N–H and O–H groups in total. The summed E-state index contributed by atoms with van der Waals surface area (Å²) in [5, 5.41) is 1.17. The Morgan fingerprint density at radius 1 is 1.28 bits per heavy atom. The predicted octanol–water partition coefficient (Wildman–Crippen LogP) is 2.85. The molecule has 3 aromatic rings. The molecule has 6 heteroatoms. The van der Waals surface area contributed by atoms with Crippen LogP contribution in [0, 0.1) is 6.92 Å². The van der Waals surface area contributed by atoms with Crippen LogP contribution in [-0.2, 0) is 11.3 Å². The summed E-state index contributed by atoms with van der Waals surface area (Å²) in [5.41, 5.74) is 4.14. The van der Waals surface area contributed by atoms with E-state index in [1.54, 1.807) is 13.3 Å². The summed E-state index contributed by atoms with van der Waals surface area (Å²) < 4.78 is 11.2. The molecule has 1 fully saturated rings. The van der Waals surface area contributed by atoms with Gasteiger partial charge < -0.3 is 14.5 Å². The molecular weight excluding hydrogens is 316 g/mol. The number of methoxy groups -OCH3 is 1. The monoisotopic (exact) mass is 338 g/mol. The van der Waals surface area contributed by atoms with E-state index in [1.807, 2.05) is 19.2 Å². The van der Waals surface area contributed by atoms with E-state index in [1.165, 1.54) is 11.1 Å². The number of rotatable bonds is 4. The smallest absolute Gasteiger partial charge is 0.119 e. The first-order valence-corrected chi connectivity index (χ1v) is 8.49. The number of aromatic amines is 1. The SMILES string of the molecule is COc1ccc2[nH]c(CN3CCOC(c4cnc(C)cn4)C3)cc2c1. The number of ether oxygens (including phenoxy) is 2. The second kappa shape index (κ2) is 6.82. The van der Waals surface area contributed by atoms with Crippen molar-refractivity contribution in [1.29, 1.82) is 0 Å². The minimum atomic E-state index is -0.0219. The molecule has 0 spiro atoms. The first kappa shape index (κ1) is 16.1. The van der Waals surface area contributed by atoms with Gasteiger partial charge in [0.1, 0.15) is 11.9 Å². The lowest BCUT2D eigenvalue weighted by Gasteiger charge is -2.32. The molecule has 1 saturated heterocycles. The molecule has 1 aromatic carbocycles. The quantitative estimate of drug-likeness (QED) is 0.792. The van der Waals surface area contributed by atoms with Crippen LogP contribution in [0.3, 0.4) is 0 Å². The first-order valence-electron chi connectivity index (χ1n) is 8.49. The number of nitrogens with zero attached hydrogens (tertiary/aromatic N) is 3. The molecule has 2 aromatic heterocycles. The van der Waals surface area contributed by atoms with E-state index in [9.17, 15) is 0 Å². The molecule has 0 amide bonds. The highest BCUT2D eigenvalue weighted by molar-refractivity contribution is 5.81. The van der Waals surface area contributed by atoms with Crippen LogP contribution in [0.2, 0.25) is 0 Å². The summed E-state index contributed by atoms with van der Waals surface area (Å²) in [4.78, 5) is 14.7. The van der Waals surface area contributed by atoms with Gasteiger partial charge in [-0.2, -0.15) is 0 Å². The number of fused-ring (bicyclic) bond motifs is 1. The van der Waals surface area contributed by atoms with Gasteiger partial charge in [0.15, 0.2) is 0 Å². The van der Waals surface area contributed by atoms with Crippen molar-refractivity contribution in [3.8, 4) is 5.75 Å². The van der Waals surface area contributed by atoms with Crippen molar-refractivity contribution < 1.29 is 9.47 Å². The van der Waals surface area contributed by atoms with Gasteiger partial charge in [-0.1, -0.05) is 0 Å². The zero-order valence-electron chi connectivity index (χ0n) is 14.5. The summed E-state index contributed by atoms with van der Waals surface area (Å²) in [5.74, 6) is 0.877. The maximum absolute atomic E-state index is 5.89. The molecule has 3 heterocycles. The van der Waals surface area contributed by atoms with E-state index in [0.717, 1.165) is 42.3 Å². The number of morpholine rings is 1. The molecule has 130 valence electrons. The Morgan fingerprint density at radius 3 is 3.00 bits per heavy atom. The highest BCUT2D eigenvalue weighted by Crippen LogP contribution is 2.24. The topological polar surface area (TPSA) is 63.3 Å². The lowest BCUT2D eigenvalue weighted by molar-refractivity contribution is -0.0354. The van der Waals surface area contributed by atoms with Crippen LogP contribution in [0.1, 0.15) is 23.2 Å². The molecule has 0 aliphatic carbocycles. The number of nitrogens with one attached hydrogen (secondary N) is 1. The molecule has 25 heavy (non-hydrogen) atoms. The standard InChI is InChI=1S/C19H22N4O2/c1-13-9-21-18(10-20-13)19-12-23(5-6-25-19)11-15-7-14-8-16(24-2)3-4-17(14)22-15/h3-4,7-10,19,22H,5-6,11-12H2,1-2H3. The van der Waals surface area contributed by atoms with Crippen LogP contribution in [0.5, 0.6) is 5.75 Å². The fraction of sp³-hybridized carbons (Fsp3) is 0.368. The maximum Gasteiger partial charge on any atom is 0.119 e. The van der Waals surface area contributed by atoms with Crippen molar-refractivity contribution in [2.75, 3.05) is 26.8 Å². The zero-order valence-corrected chi connectivity index (χ0v) is 14.5. The predicted molar refractivity (Wildman–Crippen MR) is 95.6 cm³/mol. The number of hydrogen-bond acceptors (Lipinski definition) is 5. The van der Waals surface area contributed by atoms with Gasteiger partial charge in [-0.3, -0.25) is 14.9 Å². The summed E-state index contributed by atoms with van der Waals surface area (Å²) in [7, 11) is 1.69. The van der Waals surface area contributed by atoms with E-state index in [0.29, 0.717) is 6.61 Å². The van der Waals surface area contributed by atoms with E-state index >= 15 is 0 Å². The molecule has 0 saturated carbocycles. The molecule has 1 unspecified atom stereocenters. The lowest BCUT2D eigenvalue weighted by Crippen LogP contribution is -2.38. The average molecular weight is 338 g/mol. The molecular formula is C19H22N4O2. The van der Waals surface area contributed by atoms with E-state index in [2.05, 4.69) is 38.1 Å². The fourth-order valence-electron chi connectivity index (χ4n) is 3.22. The van der Waals surface area contributed by atoms with Crippen LogP contribution >= 0.6 is 0 Å². The van der Waals surface area contributed by atoms with Gasteiger partial charge in [0.25, 0.3) is 0 Å². The normalized spacial score (nSPS) is 18.6. The Kier molecular flexibility index (Phi) is 4.38. The van der Waals surface area contributed by atoms with Crippen molar-refractivity contribution in [3.05, 3.63) is 53.7 Å². The Labute approximate surface area is 146 Å². The lowest BCUT2D eigenvalue weighted by atomic mass is 10.2. The Morgan fingerprint density at radius 2 is 2.20 bits per heavy atom. The number of aromatic nitrogens is 3. The average Bonchev–Trinajstić information content (AvgIpc) is 3.03. The molecule has 1 aliphatic rings. The van der Waals surface area contributed by atoms with E-state index < -0.39 is 0 Å². The van der Waals surface area contributed by atoms with Crippen LogP contribution in [0.4, 0.5) is 0 Å². The summed E-state index contributed by atoms with van der Waals surface area (Å²) >= 11 is 0. The fourth-order valence-corrected chi connectivity index (χ4v) is 3.22. The third-order valence-electron chi connectivity index (χ3n) is 4.56. The molecule has 1 atom stereocenters. The second-order valence-corrected chi connectivity index (χ2v) is 6.42. The number of hydrogen-bond donors (Lipinski definition) is 1. The summed E-state index contributed by atoms with van der Waals surface area (Å²) in [6.07, 6.45) is 3.59. The minimum absolute atomic E-state index is 0.0219. The maximum atomic E-state index is 5.89. The van der Waals surface area contributed by atoms with Gasteiger partial charge in [-0.25, -0.2) is 0 Å². The van der Waals surface area contributed by atoms with Crippen molar-refractivity contribution in [1.82, 2.24) is 19.9 Å². The van der Waals surface area contributed by atoms with Crippen molar-refractivity contribution in [3.63, 3.8) is 0 Å². The van der Waals surface area contributed by atoms with Gasteiger partial charge in [0.2, 0.25) is 0 Å². The number of H-pyrrole nitrogens is 1. The van der Waals surface area contributed by atoms with Gasteiger partial charge in [0.05, 0.1) is 31.3 Å². The third kappa shape index (κ3) is 3.50. The van der Waals surface area contributed by atoms with Crippen molar-refractivity contribution in [2.45, 2.75) is 19.6 Å². The summed E-state index contributed by atoms with van der Waals surface area (Å²) in [6, 6.07) is 8.28. The van der Waals surface area contributed by atoms with Crippen LogP contribution in [0.25, 0.3) is 10.9 Å². The molecule has 4 rings (SSSR count). The summed E-state index contributed by atoms with van der Waals surface area (Å²) in [6.45, 7) is 5.23.